The highest BCUT2D eigenvalue weighted by Crippen LogP contribution is 2.26. The molecule has 26 heavy (non-hydrogen) atoms. The van der Waals surface area contributed by atoms with Crippen LogP contribution in [0.2, 0.25) is 0 Å². The molecule has 3 heterocycles. The maximum absolute atomic E-state index is 12.9. The number of nitrogens with one attached hydrogen (secondary N) is 2. The van der Waals surface area contributed by atoms with Crippen LogP contribution >= 0.6 is 0 Å². The average molecular weight is 349 g/mol. The van der Waals surface area contributed by atoms with Crippen LogP contribution in [0.25, 0.3) is 11.3 Å². The number of carbonyl (C=O) groups is 1. The maximum atomic E-state index is 12.9. The van der Waals surface area contributed by atoms with Crippen molar-refractivity contribution in [3.8, 4) is 11.3 Å². The normalized spacial score (nSPS) is 17.2. The highest BCUT2D eigenvalue weighted by molar-refractivity contribution is 5.94. The topological polar surface area (TPSA) is 94.7 Å². The molecule has 1 aliphatic heterocycles. The summed E-state index contributed by atoms with van der Waals surface area (Å²) in [5.41, 5.74) is 3.16. The molecule has 1 aliphatic rings. The fraction of sp³-hybridized carbons (Fsp3) is 0.263. The van der Waals surface area contributed by atoms with Crippen LogP contribution in [0.1, 0.15) is 34.8 Å². The number of H-pyrrole nitrogens is 2. The van der Waals surface area contributed by atoms with Gasteiger partial charge in [0.2, 0.25) is 0 Å². The van der Waals surface area contributed by atoms with Gasteiger partial charge in [-0.2, -0.15) is 5.10 Å². The summed E-state index contributed by atoms with van der Waals surface area (Å²) in [6.07, 6.45) is 4.95. The Kier molecular flexibility index (Phi) is 4.35. The zero-order valence-electron chi connectivity index (χ0n) is 14.2. The fourth-order valence-corrected chi connectivity index (χ4v) is 3.40. The first-order valence-electron chi connectivity index (χ1n) is 8.64. The molecule has 4 rings (SSSR count). The molecule has 0 spiro atoms. The summed E-state index contributed by atoms with van der Waals surface area (Å²) in [6.45, 7) is 1.30. The number of rotatable bonds is 3. The maximum Gasteiger partial charge on any atom is 0.253 e. The van der Waals surface area contributed by atoms with Crippen LogP contribution in [0, 0.1) is 0 Å². The van der Waals surface area contributed by atoms with E-state index in [1.54, 1.807) is 6.20 Å². The van der Waals surface area contributed by atoms with Crippen LogP contribution in [0.4, 0.5) is 0 Å². The van der Waals surface area contributed by atoms with Crippen molar-refractivity contribution in [2.24, 2.45) is 0 Å². The van der Waals surface area contributed by atoms with Gasteiger partial charge in [-0.05, 0) is 36.6 Å². The molecular weight excluding hydrogens is 330 g/mol. The van der Waals surface area contributed by atoms with E-state index in [0.717, 1.165) is 36.3 Å². The van der Waals surface area contributed by atoms with E-state index in [9.17, 15) is 9.59 Å². The standard InChI is InChI=1S/C19H19N5O2/c25-18-10-17(20-12-21-18)15-2-1-9-24(11-15)19(26)14-5-3-13(4-6-14)16-7-8-22-23-16/h3-8,10,12,15H,1-2,9,11H2,(H,22,23)(H,20,21,25). The van der Waals surface area contributed by atoms with Crippen molar-refractivity contribution in [2.45, 2.75) is 18.8 Å². The van der Waals surface area contributed by atoms with Crippen LogP contribution in [0.15, 0.2) is 53.7 Å². The summed E-state index contributed by atoms with van der Waals surface area (Å²) >= 11 is 0. The van der Waals surface area contributed by atoms with Crippen molar-refractivity contribution in [3.05, 3.63) is 70.5 Å². The number of carbonyl (C=O) groups excluding carboxylic acids is 1. The lowest BCUT2D eigenvalue weighted by molar-refractivity contribution is 0.0706. The first-order valence-corrected chi connectivity index (χ1v) is 8.64. The molecule has 1 unspecified atom stereocenters. The minimum absolute atomic E-state index is 0.00991. The zero-order valence-corrected chi connectivity index (χ0v) is 14.2. The van der Waals surface area contributed by atoms with E-state index in [0.29, 0.717) is 12.1 Å². The quantitative estimate of drug-likeness (QED) is 0.758. The molecule has 1 amide bonds. The van der Waals surface area contributed by atoms with Gasteiger partial charge in [0.1, 0.15) is 0 Å². The Bertz CT molecular complexity index is 947. The average Bonchev–Trinajstić information content (AvgIpc) is 3.22. The molecule has 0 radical (unpaired) electrons. The zero-order chi connectivity index (χ0) is 17.9. The number of hydrogen-bond donors (Lipinski definition) is 2. The Morgan fingerprint density at radius 2 is 2.04 bits per heavy atom. The third-order valence-electron chi connectivity index (χ3n) is 4.77. The van der Waals surface area contributed by atoms with E-state index in [1.165, 1.54) is 12.4 Å². The molecule has 7 nitrogen and oxygen atoms in total. The first-order chi connectivity index (χ1) is 12.7. The van der Waals surface area contributed by atoms with Crippen LogP contribution < -0.4 is 5.56 Å². The summed E-state index contributed by atoms with van der Waals surface area (Å²) in [6, 6.07) is 10.9. The first kappa shape index (κ1) is 16.3. The van der Waals surface area contributed by atoms with Crippen LogP contribution in [0.3, 0.4) is 0 Å². The van der Waals surface area contributed by atoms with Gasteiger partial charge in [-0.15, -0.1) is 0 Å². The molecule has 2 N–H and O–H groups in total. The summed E-state index contributed by atoms with van der Waals surface area (Å²) < 4.78 is 0. The fourth-order valence-electron chi connectivity index (χ4n) is 3.40. The molecular formula is C19H19N5O2. The molecule has 3 aromatic rings. The summed E-state index contributed by atoms with van der Waals surface area (Å²) in [7, 11) is 0. The largest absolute Gasteiger partial charge is 0.338 e. The van der Waals surface area contributed by atoms with E-state index in [-0.39, 0.29) is 17.4 Å². The minimum Gasteiger partial charge on any atom is -0.338 e. The van der Waals surface area contributed by atoms with Crippen molar-refractivity contribution in [2.75, 3.05) is 13.1 Å². The number of benzene rings is 1. The number of aromatic nitrogens is 4. The van der Waals surface area contributed by atoms with Gasteiger partial charge in [-0.3, -0.25) is 14.7 Å². The molecule has 1 saturated heterocycles. The SMILES string of the molecule is O=C(c1ccc(-c2ccn[nH]2)cc1)N1CCCC(c2cc(=O)[nH]cn2)C1. The smallest absolute Gasteiger partial charge is 0.253 e. The van der Waals surface area contributed by atoms with Gasteiger partial charge in [0, 0.05) is 36.8 Å². The van der Waals surface area contributed by atoms with E-state index < -0.39 is 0 Å². The minimum atomic E-state index is -0.159. The van der Waals surface area contributed by atoms with E-state index in [1.807, 2.05) is 35.2 Å². The monoisotopic (exact) mass is 349 g/mol. The highest BCUT2D eigenvalue weighted by atomic mass is 16.2. The third-order valence-corrected chi connectivity index (χ3v) is 4.77. The molecule has 0 bridgehead atoms. The van der Waals surface area contributed by atoms with E-state index in [4.69, 9.17) is 0 Å². The van der Waals surface area contributed by atoms with Crippen LogP contribution in [0.5, 0.6) is 0 Å². The number of nitrogens with zero attached hydrogens (tertiary/aromatic N) is 3. The predicted octanol–water partition coefficient (Wildman–Crippen LogP) is 2.18. The Labute approximate surface area is 150 Å². The van der Waals surface area contributed by atoms with Gasteiger partial charge >= 0.3 is 0 Å². The van der Waals surface area contributed by atoms with Crippen molar-refractivity contribution in [1.82, 2.24) is 25.1 Å². The van der Waals surface area contributed by atoms with Crippen molar-refractivity contribution in [1.29, 1.82) is 0 Å². The molecule has 1 atom stereocenters. The van der Waals surface area contributed by atoms with Gasteiger partial charge in [0.15, 0.2) is 0 Å². The van der Waals surface area contributed by atoms with Crippen LogP contribution in [-0.4, -0.2) is 44.1 Å². The van der Waals surface area contributed by atoms with Crippen molar-refractivity contribution >= 4 is 5.91 Å². The second-order valence-electron chi connectivity index (χ2n) is 6.47. The summed E-state index contributed by atoms with van der Waals surface area (Å²) in [5.74, 6) is 0.106. The van der Waals surface area contributed by atoms with Crippen LogP contribution in [-0.2, 0) is 0 Å². The third kappa shape index (κ3) is 3.28. The number of piperidine rings is 1. The number of likely N-dealkylation sites (tertiary alicyclic amines) is 1. The Balaban J connectivity index is 1.50. The molecule has 7 heteroatoms. The molecule has 0 saturated carbocycles. The molecule has 132 valence electrons. The lowest BCUT2D eigenvalue weighted by Gasteiger charge is -2.32. The second kappa shape index (κ2) is 6.95. The van der Waals surface area contributed by atoms with Crippen molar-refractivity contribution < 1.29 is 4.79 Å². The Hall–Kier alpha value is -3.22. The molecule has 2 aromatic heterocycles. The molecule has 1 fully saturated rings. The lowest BCUT2D eigenvalue weighted by Crippen LogP contribution is -2.39. The van der Waals surface area contributed by atoms with E-state index >= 15 is 0 Å². The van der Waals surface area contributed by atoms with Gasteiger partial charge in [0.25, 0.3) is 11.5 Å². The number of hydrogen-bond acceptors (Lipinski definition) is 4. The molecule has 0 aliphatic carbocycles. The number of aromatic amines is 2. The highest BCUT2D eigenvalue weighted by Gasteiger charge is 2.26. The Morgan fingerprint density at radius 3 is 2.77 bits per heavy atom. The second-order valence-corrected chi connectivity index (χ2v) is 6.47. The van der Waals surface area contributed by atoms with Gasteiger partial charge in [-0.25, -0.2) is 4.98 Å². The molecule has 1 aromatic carbocycles. The predicted molar refractivity (Wildman–Crippen MR) is 96.8 cm³/mol. The number of amides is 1. The van der Waals surface area contributed by atoms with Gasteiger partial charge in [-0.1, -0.05) is 12.1 Å². The van der Waals surface area contributed by atoms with E-state index in [2.05, 4.69) is 20.2 Å². The van der Waals surface area contributed by atoms with Gasteiger partial charge in [0.05, 0.1) is 17.7 Å². The van der Waals surface area contributed by atoms with Crippen molar-refractivity contribution in [3.63, 3.8) is 0 Å². The van der Waals surface area contributed by atoms with Gasteiger partial charge < -0.3 is 9.88 Å². The summed E-state index contributed by atoms with van der Waals surface area (Å²) in [5, 5.41) is 6.86. The Morgan fingerprint density at radius 1 is 1.19 bits per heavy atom. The lowest BCUT2D eigenvalue weighted by atomic mass is 9.94. The summed E-state index contributed by atoms with van der Waals surface area (Å²) in [4.78, 5) is 33.0.